The van der Waals surface area contributed by atoms with Gasteiger partial charge < -0.3 is 24.4 Å². The molecule has 7 nitrogen and oxygen atoms in total. The summed E-state index contributed by atoms with van der Waals surface area (Å²) < 4.78 is 16.0. The van der Waals surface area contributed by atoms with E-state index in [2.05, 4.69) is 10.1 Å². The van der Waals surface area contributed by atoms with Gasteiger partial charge in [-0.05, 0) is 18.2 Å². The van der Waals surface area contributed by atoms with Gasteiger partial charge in [0.1, 0.15) is 0 Å². The zero-order valence-electron chi connectivity index (χ0n) is 13.3. The highest BCUT2D eigenvalue weighted by atomic mass is 35.5. The Morgan fingerprint density at radius 2 is 1.92 bits per heavy atom. The molecule has 2 aliphatic rings. The van der Waals surface area contributed by atoms with Gasteiger partial charge in [-0.1, -0.05) is 11.6 Å². The fraction of sp³-hybridized carbons (Fsp3) is 0.500. The number of esters is 1. The number of hydrogen-bond donors (Lipinski definition) is 1. The van der Waals surface area contributed by atoms with Gasteiger partial charge in [0.2, 0.25) is 0 Å². The van der Waals surface area contributed by atoms with Crippen molar-refractivity contribution in [3.63, 3.8) is 0 Å². The van der Waals surface area contributed by atoms with Crippen LogP contribution in [-0.2, 0) is 14.2 Å². The molecule has 1 spiro atoms. The average molecular weight is 355 g/mol. The number of carbonyl (C=O) groups excluding carboxylic acids is 2. The quantitative estimate of drug-likeness (QED) is 0.826. The van der Waals surface area contributed by atoms with E-state index in [9.17, 15) is 9.59 Å². The molecule has 2 fully saturated rings. The Kier molecular flexibility index (Phi) is 4.93. The number of anilines is 1. The summed E-state index contributed by atoms with van der Waals surface area (Å²) in [6.45, 7) is 2.25. The van der Waals surface area contributed by atoms with Crippen molar-refractivity contribution >= 4 is 29.3 Å². The Hall–Kier alpha value is -1.83. The fourth-order valence-corrected chi connectivity index (χ4v) is 3.06. The number of nitrogens with one attached hydrogen (secondary N) is 1. The minimum absolute atomic E-state index is 0.272. The van der Waals surface area contributed by atoms with Crippen molar-refractivity contribution in [2.45, 2.75) is 18.6 Å². The van der Waals surface area contributed by atoms with E-state index in [1.54, 1.807) is 17.0 Å². The molecule has 2 aliphatic heterocycles. The summed E-state index contributed by atoms with van der Waals surface area (Å²) in [7, 11) is 1.30. The third kappa shape index (κ3) is 3.48. The van der Waals surface area contributed by atoms with Crippen LogP contribution in [0.5, 0.6) is 0 Å². The third-order valence-corrected chi connectivity index (χ3v) is 4.58. The number of benzene rings is 1. The zero-order valence-corrected chi connectivity index (χ0v) is 14.1. The van der Waals surface area contributed by atoms with Crippen molar-refractivity contribution in [2.24, 2.45) is 0 Å². The first kappa shape index (κ1) is 17.0. The maximum Gasteiger partial charge on any atom is 0.337 e. The van der Waals surface area contributed by atoms with Crippen LogP contribution in [0.3, 0.4) is 0 Å². The number of piperidine rings is 1. The van der Waals surface area contributed by atoms with E-state index in [0.717, 1.165) is 0 Å². The average Bonchev–Trinajstić information content (AvgIpc) is 3.04. The van der Waals surface area contributed by atoms with Crippen LogP contribution in [0.15, 0.2) is 18.2 Å². The van der Waals surface area contributed by atoms with Crippen LogP contribution < -0.4 is 5.32 Å². The van der Waals surface area contributed by atoms with Crippen LogP contribution in [0.1, 0.15) is 23.2 Å². The molecule has 0 atom stereocenters. The van der Waals surface area contributed by atoms with E-state index in [0.29, 0.717) is 55.4 Å². The van der Waals surface area contributed by atoms with Crippen molar-refractivity contribution in [1.29, 1.82) is 0 Å². The number of hydrogen-bond acceptors (Lipinski definition) is 5. The molecule has 0 unspecified atom stereocenters. The Balaban J connectivity index is 1.64. The third-order valence-electron chi connectivity index (χ3n) is 4.26. The molecule has 0 radical (unpaired) electrons. The number of carbonyl (C=O) groups is 2. The second-order valence-corrected chi connectivity index (χ2v) is 6.12. The SMILES string of the molecule is COC(=O)c1ccc(Cl)c(NC(=O)N2CCC3(CC2)OCCO3)c1. The topological polar surface area (TPSA) is 77.1 Å². The van der Waals surface area contributed by atoms with Crippen molar-refractivity contribution in [2.75, 3.05) is 38.7 Å². The Morgan fingerprint density at radius 3 is 2.54 bits per heavy atom. The van der Waals surface area contributed by atoms with Crippen molar-refractivity contribution in [3.8, 4) is 0 Å². The number of rotatable bonds is 2. The number of ether oxygens (including phenoxy) is 3. The van der Waals surface area contributed by atoms with Gasteiger partial charge in [-0.25, -0.2) is 9.59 Å². The van der Waals surface area contributed by atoms with E-state index >= 15 is 0 Å². The van der Waals surface area contributed by atoms with Crippen LogP contribution >= 0.6 is 11.6 Å². The van der Waals surface area contributed by atoms with Crippen LogP contribution in [-0.4, -0.2) is 56.1 Å². The Bertz CT molecular complexity index is 635. The lowest BCUT2D eigenvalue weighted by Crippen LogP contribution is -2.48. The largest absolute Gasteiger partial charge is 0.465 e. The summed E-state index contributed by atoms with van der Waals surface area (Å²) in [5, 5.41) is 3.10. The lowest BCUT2D eigenvalue weighted by Gasteiger charge is -2.37. The van der Waals surface area contributed by atoms with E-state index in [4.69, 9.17) is 21.1 Å². The highest BCUT2D eigenvalue weighted by molar-refractivity contribution is 6.33. The summed E-state index contributed by atoms with van der Waals surface area (Å²) in [6, 6.07) is 4.32. The van der Waals surface area contributed by atoms with E-state index in [1.807, 2.05) is 0 Å². The van der Waals surface area contributed by atoms with Gasteiger partial charge in [0, 0.05) is 25.9 Å². The van der Waals surface area contributed by atoms with Gasteiger partial charge in [-0.15, -0.1) is 0 Å². The number of methoxy groups -OCH3 is 1. The lowest BCUT2D eigenvalue weighted by atomic mass is 10.0. The predicted molar refractivity (Wildman–Crippen MR) is 87.3 cm³/mol. The van der Waals surface area contributed by atoms with Crippen molar-refractivity contribution in [3.05, 3.63) is 28.8 Å². The molecule has 3 rings (SSSR count). The van der Waals surface area contributed by atoms with Crippen molar-refractivity contribution in [1.82, 2.24) is 4.90 Å². The number of amides is 2. The first-order valence-electron chi connectivity index (χ1n) is 7.75. The van der Waals surface area contributed by atoms with Crippen LogP contribution in [0.2, 0.25) is 5.02 Å². The minimum atomic E-state index is -0.529. The van der Waals surface area contributed by atoms with E-state index in [-0.39, 0.29) is 6.03 Å². The second kappa shape index (κ2) is 6.96. The first-order valence-corrected chi connectivity index (χ1v) is 8.12. The lowest BCUT2D eigenvalue weighted by molar-refractivity contribution is -0.181. The van der Waals surface area contributed by atoms with Crippen LogP contribution in [0, 0.1) is 0 Å². The highest BCUT2D eigenvalue weighted by Crippen LogP contribution is 2.31. The summed E-state index contributed by atoms with van der Waals surface area (Å²) in [5.74, 6) is -1.02. The monoisotopic (exact) mass is 354 g/mol. The summed E-state index contributed by atoms with van der Waals surface area (Å²) >= 11 is 6.10. The molecule has 2 amide bonds. The summed E-state index contributed by atoms with van der Waals surface area (Å²) in [4.78, 5) is 25.7. The molecule has 2 saturated heterocycles. The van der Waals surface area contributed by atoms with Gasteiger partial charge >= 0.3 is 12.0 Å². The molecule has 0 aromatic heterocycles. The van der Waals surface area contributed by atoms with Gasteiger partial charge in [0.15, 0.2) is 5.79 Å². The van der Waals surface area contributed by atoms with E-state index in [1.165, 1.54) is 13.2 Å². The molecule has 1 aromatic carbocycles. The van der Waals surface area contributed by atoms with Gasteiger partial charge in [-0.2, -0.15) is 0 Å². The molecule has 0 aliphatic carbocycles. The molecule has 8 heteroatoms. The molecule has 1 N–H and O–H groups in total. The molecule has 1 aromatic rings. The fourth-order valence-electron chi connectivity index (χ4n) is 2.90. The number of halogens is 1. The maximum atomic E-state index is 12.4. The second-order valence-electron chi connectivity index (χ2n) is 5.71. The van der Waals surface area contributed by atoms with Crippen molar-refractivity contribution < 1.29 is 23.8 Å². The highest BCUT2D eigenvalue weighted by Gasteiger charge is 2.40. The first-order chi connectivity index (χ1) is 11.5. The molecular weight excluding hydrogens is 336 g/mol. The predicted octanol–water partition coefficient (Wildman–Crippen LogP) is 2.50. The van der Waals surface area contributed by atoms with E-state index < -0.39 is 11.8 Å². The Labute approximate surface area is 144 Å². The number of urea groups is 1. The molecule has 130 valence electrons. The normalized spacial score (nSPS) is 19.3. The maximum absolute atomic E-state index is 12.4. The van der Waals surface area contributed by atoms with Crippen LogP contribution in [0.4, 0.5) is 10.5 Å². The molecule has 24 heavy (non-hydrogen) atoms. The standard InChI is InChI=1S/C16H19ClN2O5/c1-22-14(20)11-2-3-12(17)13(10-11)18-15(21)19-6-4-16(5-7-19)23-8-9-24-16/h2-3,10H,4-9H2,1H3,(H,18,21). The van der Waals surface area contributed by atoms with Gasteiger partial charge in [0.05, 0.1) is 36.6 Å². The minimum Gasteiger partial charge on any atom is -0.465 e. The summed E-state index contributed by atoms with van der Waals surface area (Å²) in [6.07, 6.45) is 1.27. The smallest absolute Gasteiger partial charge is 0.337 e. The molecule has 2 heterocycles. The van der Waals surface area contributed by atoms with Gasteiger partial charge in [0.25, 0.3) is 0 Å². The molecule has 0 saturated carbocycles. The van der Waals surface area contributed by atoms with Crippen LogP contribution in [0.25, 0.3) is 0 Å². The number of nitrogens with zero attached hydrogens (tertiary/aromatic N) is 1. The Morgan fingerprint density at radius 1 is 1.25 bits per heavy atom. The molecular formula is C16H19ClN2O5. The molecule has 0 bridgehead atoms. The number of likely N-dealkylation sites (tertiary alicyclic amines) is 1. The zero-order chi connectivity index (χ0) is 17.2. The van der Waals surface area contributed by atoms with Gasteiger partial charge in [-0.3, -0.25) is 0 Å². The summed E-state index contributed by atoms with van der Waals surface area (Å²) in [5.41, 5.74) is 0.695.